The number of aromatic nitrogens is 1. The van der Waals surface area contributed by atoms with Crippen LogP contribution < -0.4 is 19.7 Å². The second-order valence-electron chi connectivity index (χ2n) is 7.74. The van der Waals surface area contributed by atoms with Crippen LogP contribution in [0.4, 0.5) is 5.82 Å². The average molecular weight is 487 g/mol. The number of halogens is 1. The second-order valence-corrected chi connectivity index (χ2v) is 9.12. The third-order valence-corrected chi connectivity index (χ3v) is 6.74. The summed E-state index contributed by atoms with van der Waals surface area (Å²) in [7, 11) is 3.30. The van der Waals surface area contributed by atoms with E-state index in [1.165, 1.54) is 5.56 Å². The predicted octanol–water partition coefficient (Wildman–Crippen LogP) is 4.07. The van der Waals surface area contributed by atoms with E-state index in [0.29, 0.717) is 17.1 Å². The Kier molecular flexibility index (Phi) is 7.69. The van der Waals surface area contributed by atoms with Crippen LogP contribution in [0.15, 0.2) is 48.0 Å². The Labute approximate surface area is 202 Å². The Balaban J connectivity index is 1.31. The number of ether oxygens (including phenoxy) is 2. The number of carbonyl (C=O) groups is 1. The van der Waals surface area contributed by atoms with E-state index >= 15 is 0 Å². The third-order valence-electron chi connectivity index (χ3n) is 5.66. The molecule has 2 aromatic carbocycles. The number of hydrogen-bond acceptors (Lipinski definition) is 7. The lowest BCUT2D eigenvalue weighted by molar-refractivity contribution is 0.0951. The molecule has 1 amide bonds. The molecule has 0 spiro atoms. The number of benzene rings is 2. The molecule has 3 aromatic rings. The molecule has 1 saturated heterocycles. The van der Waals surface area contributed by atoms with Crippen molar-refractivity contribution in [1.29, 1.82) is 0 Å². The van der Waals surface area contributed by atoms with Crippen molar-refractivity contribution >= 4 is 34.7 Å². The molecule has 33 heavy (non-hydrogen) atoms. The van der Waals surface area contributed by atoms with Crippen molar-refractivity contribution in [2.75, 3.05) is 45.3 Å². The molecule has 0 radical (unpaired) electrons. The lowest BCUT2D eigenvalue weighted by Gasteiger charge is -2.35. The Bertz CT molecular complexity index is 1080. The fraction of sp³-hybridized carbons (Fsp3) is 0.333. The van der Waals surface area contributed by atoms with Gasteiger partial charge in [-0.3, -0.25) is 9.69 Å². The molecule has 9 heteroatoms. The number of nitrogens with one attached hydrogen (secondary N) is 1. The maximum atomic E-state index is 12.4. The fourth-order valence-corrected chi connectivity index (χ4v) is 4.71. The molecule has 0 aliphatic carbocycles. The summed E-state index contributed by atoms with van der Waals surface area (Å²) in [5.74, 6) is 2.33. The molecule has 0 bridgehead atoms. The van der Waals surface area contributed by atoms with Gasteiger partial charge in [0.1, 0.15) is 5.82 Å². The Hall–Kier alpha value is -2.81. The summed E-state index contributed by atoms with van der Waals surface area (Å²) in [6.07, 6.45) is 0. The first-order valence-corrected chi connectivity index (χ1v) is 12.0. The van der Waals surface area contributed by atoms with E-state index in [4.69, 9.17) is 21.1 Å². The first kappa shape index (κ1) is 23.4. The van der Waals surface area contributed by atoms with E-state index in [9.17, 15) is 4.79 Å². The van der Waals surface area contributed by atoms with Crippen molar-refractivity contribution in [3.8, 4) is 11.5 Å². The summed E-state index contributed by atoms with van der Waals surface area (Å²) in [6.45, 7) is 4.94. The van der Waals surface area contributed by atoms with Gasteiger partial charge in [-0.2, -0.15) is 0 Å². The van der Waals surface area contributed by atoms with Crippen LogP contribution in [0.25, 0.3) is 0 Å². The number of anilines is 1. The molecule has 7 nitrogen and oxygen atoms in total. The van der Waals surface area contributed by atoms with Gasteiger partial charge in [-0.15, -0.1) is 11.3 Å². The summed E-state index contributed by atoms with van der Waals surface area (Å²) in [6, 6.07) is 12.9. The molecule has 1 aliphatic rings. The van der Waals surface area contributed by atoms with Crippen molar-refractivity contribution in [1.82, 2.24) is 15.2 Å². The Morgan fingerprint density at radius 1 is 1.06 bits per heavy atom. The number of nitrogens with zero attached hydrogens (tertiary/aromatic N) is 3. The minimum Gasteiger partial charge on any atom is -0.493 e. The summed E-state index contributed by atoms with van der Waals surface area (Å²) < 4.78 is 10.8. The van der Waals surface area contributed by atoms with E-state index in [1.807, 2.05) is 17.6 Å². The van der Waals surface area contributed by atoms with E-state index in [-0.39, 0.29) is 5.91 Å². The Morgan fingerprint density at radius 3 is 2.48 bits per heavy atom. The van der Waals surface area contributed by atoms with Gasteiger partial charge < -0.3 is 19.7 Å². The number of amides is 1. The number of thiazole rings is 1. The van der Waals surface area contributed by atoms with Crippen LogP contribution in [0, 0.1) is 0 Å². The lowest BCUT2D eigenvalue weighted by Crippen LogP contribution is -2.46. The SMILES string of the molecule is COc1ccc(CN2CCN(c3ncsc3CNC(=O)c3ccc(Cl)cc3)CC2)cc1OC. The maximum absolute atomic E-state index is 12.4. The summed E-state index contributed by atoms with van der Waals surface area (Å²) in [5, 5.41) is 3.60. The average Bonchev–Trinajstić information content (AvgIpc) is 3.32. The number of methoxy groups -OCH3 is 2. The van der Waals surface area contributed by atoms with Crippen molar-refractivity contribution in [2.24, 2.45) is 0 Å². The molecule has 1 fully saturated rings. The molecule has 0 saturated carbocycles. The van der Waals surface area contributed by atoms with Crippen molar-refractivity contribution in [3.05, 3.63) is 69.0 Å². The summed E-state index contributed by atoms with van der Waals surface area (Å²) >= 11 is 7.47. The summed E-state index contributed by atoms with van der Waals surface area (Å²) in [4.78, 5) is 22.8. The normalized spacial score (nSPS) is 14.2. The standard InChI is InChI=1S/C24H27ClN4O3S/c1-31-20-8-3-17(13-21(20)32-2)15-28-9-11-29(12-10-28)23-22(33-16-27-23)14-26-24(30)18-4-6-19(25)7-5-18/h3-8,13,16H,9-12,14-15H2,1-2H3,(H,26,30). The van der Waals surface area contributed by atoms with Gasteiger partial charge in [0.25, 0.3) is 5.91 Å². The molecule has 0 unspecified atom stereocenters. The van der Waals surface area contributed by atoms with Crippen LogP contribution in [0.5, 0.6) is 11.5 Å². The second kappa shape index (κ2) is 10.9. The van der Waals surface area contributed by atoms with Crippen LogP contribution in [0.2, 0.25) is 5.02 Å². The smallest absolute Gasteiger partial charge is 0.251 e. The lowest BCUT2D eigenvalue weighted by atomic mass is 10.1. The number of carbonyl (C=O) groups excluding carboxylic acids is 1. The largest absolute Gasteiger partial charge is 0.493 e. The third kappa shape index (κ3) is 5.76. The van der Waals surface area contributed by atoms with Gasteiger partial charge in [0.2, 0.25) is 0 Å². The van der Waals surface area contributed by atoms with Gasteiger partial charge in [0.05, 0.1) is 31.2 Å². The maximum Gasteiger partial charge on any atom is 0.251 e. The van der Waals surface area contributed by atoms with Crippen molar-refractivity contribution in [3.63, 3.8) is 0 Å². The molecule has 0 atom stereocenters. The molecule has 1 aliphatic heterocycles. The summed E-state index contributed by atoms with van der Waals surface area (Å²) in [5.41, 5.74) is 3.63. The Morgan fingerprint density at radius 2 is 1.79 bits per heavy atom. The zero-order chi connectivity index (χ0) is 23.2. The zero-order valence-electron chi connectivity index (χ0n) is 18.7. The van der Waals surface area contributed by atoms with E-state index < -0.39 is 0 Å². The minimum atomic E-state index is -0.120. The van der Waals surface area contributed by atoms with E-state index in [2.05, 4.69) is 26.2 Å². The van der Waals surface area contributed by atoms with Gasteiger partial charge in [-0.25, -0.2) is 4.98 Å². The van der Waals surface area contributed by atoms with Crippen LogP contribution in [0.1, 0.15) is 20.8 Å². The van der Waals surface area contributed by atoms with Crippen molar-refractivity contribution in [2.45, 2.75) is 13.1 Å². The topological polar surface area (TPSA) is 66.9 Å². The first-order chi connectivity index (χ1) is 16.1. The van der Waals surface area contributed by atoms with Crippen molar-refractivity contribution < 1.29 is 14.3 Å². The highest BCUT2D eigenvalue weighted by atomic mass is 35.5. The highest BCUT2D eigenvalue weighted by Crippen LogP contribution is 2.29. The van der Waals surface area contributed by atoms with Crippen LogP contribution in [-0.4, -0.2) is 56.2 Å². The molecule has 4 rings (SSSR count). The molecular weight excluding hydrogens is 460 g/mol. The molecule has 174 valence electrons. The number of hydrogen-bond donors (Lipinski definition) is 1. The first-order valence-electron chi connectivity index (χ1n) is 10.7. The van der Waals surface area contributed by atoms with Crippen LogP contribution >= 0.6 is 22.9 Å². The predicted molar refractivity (Wildman–Crippen MR) is 132 cm³/mol. The van der Waals surface area contributed by atoms with Crippen LogP contribution in [-0.2, 0) is 13.1 Å². The van der Waals surface area contributed by atoms with Gasteiger partial charge >= 0.3 is 0 Å². The fourth-order valence-electron chi connectivity index (χ4n) is 3.86. The molecule has 2 heterocycles. The van der Waals surface area contributed by atoms with Gasteiger partial charge in [-0.05, 0) is 42.0 Å². The number of rotatable bonds is 8. The van der Waals surface area contributed by atoms with E-state index in [0.717, 1.165) is 54.9 Å². The molecular formula is C24H27ClN4O3S. The minimum absolute atomic E-state index is 0.120. The van der Waals surface area contributed by atoms with Gasteiger partial charge in [0, 0.05) is 43.3 Å². The zero-order valence-corrected chi connectivity index (χ0v) is 20.3. The highest BCUT2D eigenvalue weighted by molar-refractivity contribution is 7.10. The monoisotopic (exact) mass is 486 g/mol. The van der Waals surface area contributed by atoms with Gasteiger partial charge in [-0.1, -0.05) is 17.7 Å². The molecule has 1 aromatic heterocycles. The van der Waals surface area contributed by atoms with Crippen LogP contribution in [0.3, 0.4) is 0 Å². The quantitative estimate of drug-likeness (QED) is 0.518. The highest BCUT2D eigenvalue weighted by Gasteiger charge is 2.22. The number of piperazine rings is 1. The van der Waals surface area contributed by atoms with Gasteiger partial charge in [0.15, 0.2) is 11.5 Å². The van der Waals surface area contributed by atoms with E-state index in [1.54, 1.807) is 49.8 Å². The molecule has 1 N–H and O–H groups in total.